The Morgan fingerprint density at radius 2 is 1.53 bits per heavy atom. The van der Waals surface area contributed by atoms with Gasteiger partial charge in [0.25, 0.3) is 0 Å². The number of methoxy groups -OCH3 is 1. The minimum absolute atomic E-state index is 0.562. The zero-order valence-corrected chi connectivity index (χ0v) is 12.8. The molecule has 0 N–H and O–H groups in total. The number of hydrogen-bond donors (Lipinski definition) is 0. The van der Waals surface area contributed by atoms with Crippen LogP contribution in [0.3, 0.4) is 0 Å². The van der Waals surface area contributed by atoms with Gasteiger partial charge in [-0.15, -0.1) is 6.58 Å². The maximum Gasteiger partial charge on any atom is 0.0571 e. The molecule has 0 heterocycles. The Morgan fingerprint density at radius 3 is 2.05 bits per heavy atom. The van der Waals surface area contributed by atoms with Gasteiger partial charge in [0.1, 0.15) is 0 Å². The summed E-state index contributed by atoms with van der Waals surface area (Å²) in [7, 11) is 1.87. The molecule has 0 spiro atoms. The molecule has 2 saturated carbocycles. The van der Waals surface area contributed by atoms with Gasteiger partial charge in [0.2, 0.25) is 0 Å². The normalized spacial score (nSPS) is 36.1. The Bertz CT molecular complexity index is 244. The van der Waals surface area contributed by atoms with Crippen molar-refractivity contribution in [3.05, 3.63) is 12.7 Å². The predicted octanol–water partition coefficient (Wildman–Crippen LogP) is 5.35. The molecular weight excluding hydrogens is 232 g/mol. The maximum atomic E-state index is 5.49. The van der Waals surface area contributed by atoms with Gasteiger partial charge in [-0.25, -0.2) is 0 Å². The van der Waals surface area contributed by atoms with Crippen molar-refractivity contribution in [2.75, 3.05) is 7.11 Å². The first kappa shape index (κ1) is 15.1. The lowest BCUT2D eigenvalue weighted by Gasteiger charge is -2.37. The predicted molar refractivity (Wildman–Crippen MR) is 82.3 cm³/mol. The van der Waals surface area contributed by atoms with Gasteiger partial charge in [0.05, 0.1) is 6.10 Å². The number of allylic oxidation sites excluding steroid dienone is 1. The molecule has 2 rings (SSSR count). The summed E-state index contributed by atoms with van der Waals surface area (Å²) in [6, 6.07) is 0. The van der Waals surface area contributed by atoms with E-state index < -0.39 is 0 Å². The van der Waals surface area contributed by atoms with Crippen LogP contribution >= 0.6 is 0 Å². The molecule has 19 heavy (non-hydrogen) atoms. The van der Waals surface area contributed by atoms with E-state index in [1.54, 1.807) is 0 Å². The summed E-state index contributed by atoms with van der Waals surface area (Å²) in [4.78, 5) is 0. The topological polar surface area (TPSA) is 9.23 Å². The molecule has 0 atom stereocenters. The van der Waals surface area contributed by atoms with Crippen molar-refractivity contribution in [1.82, 2.24) is 0 Å². The minimum Gasteiger partial charge on any atom is -0.381 e. The summed E-state index contributed by atoms with van der Waals surface area (Å²) in [6.07, 6.45) is 18.1. The smallest absolute Gasteiger partial charge is 0.0571 e. The highest BCUT2D eigenvalue weighted by molar-refractivity contribution is 4.82. The van der Waals surface area contributed by atoms with E-state index in [0.29, 0.717) is 6.10 Å². The molecule has 0 aromatic carbocycles. The maximum absolute atomic E-state index is 5.49. The Balaban J connectivity index is 1.64. The summed E-state index contributed by atoms with van der Waals surface area (Å²) >= 11 is 0. The number of hydrogen-bond acceptors (Lipinski definition) is 1. The van der Waals surface area contributed by atoms with Crippen LogP contribution in [0.5, 0.6) is 0 Å². The zero-order valence-electron chi connectivity index (χ0n) is 12.8. The van der Waals surface area contributed by atoms with E-state index in [1.807, 2.05) is 7.11 Å². The van der Waals surface area contributed by atoms with Crippen LogP contribution in [0, 0.1) is 17.8 Å². The Hall–Kier alpha value is -0.300. The summed E-state index contributed by atoms with van der Waals surface area (Å²) in [5.74, 6) is 3.07. The average Bonchev–Trinajstić information content (AvgIpc) is 2.48. The molecular formula is C18H32O. The van der Waals surface area contributed by atoms with Crippen LogP contribution in [0.25, 0.3) is 0 Å². The molecule has 2 fully saturated rings. The second kappa shape index (κ2) is 8.09. The monoisotopic (exact) mass is 264 g/mol. The molecule has 0 radical (unpaired) electrons. The minimum atomic E-state index is 0.562. The van der Waals surface area contributed by atoms with Crippen LogP contribution in [0.15, 0.2) is 12.7 Å². The largest absolute Gasteiger partial charge is 0.381 e. The van der Waals surface area contributed by atoms with Gasteiger partial charge in [-0.1, -0.05) is 25.3 Å². The summed E-state index contributed by atoms with van der Waals surface area (Å²) in [6.45, 7) is 3.82. The number of rotatable bonds is 6. The van der Waals surface area contributed by atoms with Crippen LogP contribution in [-0.4, -0.2) is 13.2 Å². The molecule has 2 aliphatic carbocycles. The van der Waals surface area contributed by atoms with E-state index >= 15 is 0 Å². The third-order valence-electron chi connectivity index (χ3n) is 5.63. The fourth-order valence-corrected chi connectivity index (χ4v) is 4.29. The third-order valence-corrected chi connectivity index (χ3v) is 5.63. The molecule has 1 nitrogen and oxygen atoms in total. The van der Waals surface area contributed by atoms with Crippen molar-refractivity contribution in [3.63, 3.8) is 0 Å². The second-order valence-corrected chi connectivity index (χ2v) is 6.77. The van der Waals surface area contributed by atoms with Crippen molar-refractivity contribution >= 4 is 0 Å². The lowest BCUT2D eigenvalue weighted by atomic mass is 9.70. The summed E-state index contributed by atoms with van der Waals surface area (Å²) < 4.78 is 5.49. The van der Waals surface area contributed by atoms with E-state index in [-0.39, 0.29) is 0 Å². The van der Waals surface area contributed by atoms with Crippen LogP contribution in [-0.2, 0) is 4.74 Å². The average molecular weight is 264 g/mol. The molecule has 0 saturated heterocycles. The van der Waals surface area contributed by atoms with Crippen molar-refractivity contribution in [3.8, 4) is 0 Å². The molecule has 110 valence electrons. The van der Waals surface area contributed by atoms with E-state index in [4.69, 9.17) is 4.74 Å². The van der Waals surface area contributed by atoms with E-state index in [0.717, 1.165) is 17.8 Å². The highest BCUT2D eigenvalue weighted by Gasteiger charge is 2.30. The lowest BCUT2D eigenvalue weighted by molar-refractivity contribution is 0.0391. The SMILES string of the molecule is C=CCCC[C@H]1CC[C@H]([C@H]2CC[C@H](OC)CC2)CC1. The highest BCUT2D eigenvalue weighted by Crippen LogP contribution is 2.41. The van der Waals surface area contributed by atoms with Crippen LogP contribution in [0.1, 0.15) is 70.6 Å². The van der Waals surface area contributed by atoms with Crippen LogP contribution in [0.4, 0.5) is 0 Å². The van der Waals surface area contributed by atoms with Crippen LogP contribution < -0.4 is 0 Å². The van der Waals surface area contributed by atoms with Crippen molar-refractivity contribution in [2.45, 2.75) is 76.7 Å². The third kappa shape index (κ3) is 4.63. The number of unbranched alkanes of at least 4 members (excludes halogenated alkanes) is 1. The van der Waals surface area contributed by atoms with Crippen molar-refractivity contribution < 1.29 is 4.74 Å². The molecule has 2 aliphatic rings. The highest BCUT2D eigenvalue weighted by atomic mass is 16.5. The Morgan fingerprint density at radius 1 is 0.947 bits per heavy atom. The van der Waals surface area contributed by atoms with Crippen molar-refractivity contribution in [1.29, 1.82) is 0 Å². The van der Waals surface area contributed by atoms with Crippen LogP contribution in [0.2, 0.25) is 0 Å². The van der Waals surface area contributed by atoms with Gasteiger partial charge in [-0.3, -0.25) is 0 Å². The molecule has 1 heteroatoms. The quantitative estimate of drug-likeness (QED) is 0.464. The van der Waals surface area contributed by atoms with Gasteiger partial charge >= 0.3 is 0 Å². The summed E-state index contributed by atoms with van der Waals surface area (Å²) in [5, 5.41) is 0. The first-order valence-electron chi connectivity index (χ1n) is 8.47. The lowest BCUT2D eigenvalue weighted by Crippen LogP contribution is -2.28. The van der Waals surface area contributed by atoms with Gasteiger partial charge < -0.3 is 4.74 Å². The number of ether oxygens (including phenoxy) is 1. The van der Waals surface area contributed by atoms with E-state index in [1.165, 1.54) is 70.6 Å². The summed E-state index contributed by atoms with van der Waals surface area (Å²) in [5.41, 5.74) is 0. The fourth-order valence-electron chi connectivity index (χ4n) is 4.29. The molecule has 0 aromatic heterocycles. The zero-order chi connectivity index (χ0) is 13.5. The Labute approximate surface area is 119 Å². The molecule has 0 aromatic rings. The van der Waals surface area contributed by atoms with Gasteiger partial charge in [0.15, 0.2) is 0 Å². The first-order valence-corrected chi connectivity index (χ1v) is 8.47. The van der Waals surface area contributed by atoms with Crippen molar-refractivity contribution in [2.24, 2.45) is 17.8 Å². The fraction of sp³-hybridized carbons (Fsp3) is 0.889. The Kier molecular flexibility index (Phi) is 6.43. The second-order valence-electron chi connectivity index (χ2n) is 6.77. The molecule has 0 aliphatic heterocycles. The molecule has 0 bridgehead atoms. The van der Waals surface area contributed by atoms with E-state index in [2.05, 4.69) is 12.7 Å². The van der Waals surface area contributed by atoms with Gasteiger partial charge in [-0.05, 0) is 69.1 Å². The van der Waals surface area contributed by atoms with E-state index in [9.17, 15) is 0 Å². The first-order chi connectivity index (χ1) is 9.33. The molecule has 0 unspecified atom stereocenters. The van der Waals surface area contributed by atoms with Gasteiger partial charge in [-0.2, -0.15) is 0 Å². The standard InChI is InChI=1S/C18H32O/c1-3-4-5-6-15-7-9-16(10-8-15)17-11-13-18(19-2)14-12-17/h3,15-18H,1,4-14H2,2H3/t15-,16-,17-,18-. The molecule has 0 amide bonds. The van der Waals surface area contributed by atoms with Gasteiger partial charge in [0, 0.05) is 7.11 Å².